The minimum atomic E-state index is 0.161. The minimum absolute atomic E-state index is 0.161. The molecule has 0 spiro atoms. The number of likely N-dealkylation sites (N-methyl/N-ethyl adjacent to an activating group) is 1. The van der Waals surface area contributed by atoms with Gasteiger partial charge in [0, 0.05) is 25.8 Å². The van der Waals surface area contributed by atoms with Gasteiger partial charge < -0.3 is 10.0 Å². The molecule has 0 bridgehead atoms. The Labute approximate surface area is 89.8 Å². The second-order valence-corrected chi connectivity index (χ2v) is 4.87. The molecule has 1 N–H and O–H groups in total. The summed E-state index contributed by atoms with van der Waals surface area (Å²) in [6.07, 6.45) is 4.01. The summed E-state index contributed by atoms with van der Waals surface area (Å²) in [4.78, 5) is 4.70. The van der Waals surface area contributed by atoms with E-state index in [1.54, 1.807) is 0 Å². The molecule has 0 saturated carbocycles. The number of likely N-dealkylation sites (tertiary alicyclic amines) is 1. The van der Waals surface area contributed by atoms with Crippen molar-refractivity contribution in [3.05, 3.63) is 11.1 Å². The van der Waals surface area contributed by atoms with Crippen LogP contribution in [0.2, 0.25) is 0 Å². The van der Waals surface area contributed by atoms with E-state index in [1.807, 2.05) is 11.8 Å². The van der Waals surface area contributed by atoms with Gasteiger partial charge in [0.2, 0.25) is 0 Å². The third-order valence-electron chi connectivity index (χ3n) is 2.98. The lowest BCUT2D eigenvalue weighted by molar-refractivity contribution is 0.123. The highest BCUT2D eigenvalue weighted by Crippen LogP contribution is 2.32. The summed E-state index contributed by atoms with van der Waals surface area (Å²) in [5.41, 5.74) is 1.48. The molecule has 2 rings (SSSR count). The molecular formula is C10H18N2OS. The highest BCUT2D eigenvalue weighted by molar-refractivity contribution is 8.02. The van der Waals surface area contributed by atoms with Crippen LogP contribution < -0.4 is 0 Å². The molecule has 2 aliphatic rings. The Kier molecular flexibility index (Phi) is 3.36. The molecule has 3 nitrogen and oxygen atoms in total. The number of rotatable bonds is 2. The first-order valence-electron chi connectivity index (χ1n) is 5.25. The van der Waals surface area contributed by atoms with E-state index in [0.29, 0.717) is 5.50 Å². The van der Waals surface area contributed by atoms with Crippen LogP contribution in [0.4, 0.5) is 0 Å². The first kappa shape index (κ1) is 10.3. The molecule has 0 amide bonds. The molecule has 1 fully saturated rings. The van der Waals surface area contributed by atoms with Gasteiger partial charge in [0.1, 0.15) is 5.50 Å². The zero-order valence-electron chi connectivity index (χ0n) is 8.65. The third kappa shape index (κ3) is 1.92. The molecule has 1 atom stereocenters. The van der Waals surface area contributed by atoms with E-state index in [0.717, 1.165) is 5.70 Å². The fourth-order valence-electron chi connectivity index (χ4n) is 2.07. The lowest BCUT2D eigenvalue weighted by Gasteiger charge is -2.36. The molecule has 4 heteroatoms. The Balaban J connectivity index is 1.93. The Morgan fingerprint density at radius 3 is 2.71 bits per heavy atom. The maximum Gasteiger partial charge on any atom is 0.134 e. The van der Waals surface area contributed by atoms with Gasteiger partial charge in [0.15, 0.2) is 0 Å². The summed E-state index contributed by atoms with van der Waals surface area (Å²) in [6, 6.07) is 0. The molecule has 2 heterocycles. The van der Waals surface area contributed by atoms with Crippen LogP contribution in [0.25, 0.3) is 0 Å². The number of aliphatic hydroxyl groups excluding tert-OH is 1. The molecule has 14 heavy (non-hydrogen) atoms. The molecule has 1 saturated heterocycles. The van der Waals surface area contributed by atoms with E-state index in [1.165, 1.54) is 32.4 Å². The normalized spacial score (nSPS) is 29.4. The quantitative estimate of drug-likeness (QED) is 0.749. The lowest BCUT2D eigenvalue weighted by Crippen LogP contribution is -2.44. The van der Waals surface area contributed by atoms with E-state index in [9.17, 15) is 0 Å². The van der Waals surface area contributed by atoms with Gasteiger partial charge in [-0.05, 0) is 18.2 Å². The van der Waals surface area contributed by atoms with E-state index in [4.69, 9.17) is 5.11 Å². The zero-order chi connectivity index (χ0) is 9.97. The summed E-state index contributed by atoms with van der Waals surface area (Å²) >= 11 is 1.82. The first-order chi connectivity index (χ1) is 6.83. The summed E-state index contributed by atoms with van der Waals surface area (Å²) in [6.45, 7) is 2.57. The van der Waals surface area contributed by atoms with Crippen LogP contribution >= 0.6 is 11.8 Å². The average molecular weight is 214 g/mol. The summed E-state index contributed by atoms with van der Waals surface area (Å²) in [7, 11) is 2.07. The van der Waals surface area contributed by atoms with Gasteiger partial charge in [-0.2, -0.15) is 0 Å². The number of thioether (sulfide) groups is 1. The van der Waals surface area contributed by atoms with Gasteiger partial charge in [-0.25, -0.2) is 0 Å². The molecule has 0 aromatic heterocycles. The molecule has 0 aliphatic carbocycles. The third-order valence-corrected chi connectivity index (χ3v) is 4.24. The van der Waals surface area contributed by atoms with Crippen molar-refractivity contribution in [2.75, 3.05) is 26.7 Å². The van der Waals surface area contributed by atoms with Crippen LogP contribution in [-0.4, -0.2) is 47.1 Å². The Morgan fingerprint density at radius 2 is 2.14 bits per heavy atom. The smallest absolute Gasteiger partial charge is 0.134 e. The maximum atomic E-state index is 9.11. The Bertz CT molecular complexity index is 226. The number of nitrogens with zero attached hydrogens (tertiary/aromatic N) is 2. The molecule has 0 aromatic rings. The second kappa shape index (κ2) is 4.55. The highest BCUT2D eigenvalue weighted by Gasteiger charge is 2.29. The summed E-state index contributed by atoms with van der Waals surface area (Å²) < 4.78 is 0. The van der Waals surface area contributed by atoms with Crippen LogP contribution in [0.15, 0.2) is 11.1 Å². The SMILES string of the molecule is CN1C(CO)=CSC1N1CCCCC1. The first-order valence-corrected chi connectivity index (χ1v) is 6.19. The van der Waals surface area contributed by atoms with Crippen LogP contribution in [0.1, 0.15) is 19.3 Å². The van der Waals surface area contributed by atoms with Crippen LogP contribution in [-0.2, 0) is 0 Å². The average Bonchev–Trinajstić information content (AvgIpc) is 2.61. The fourth-order valence-corrected chi connectivity index (χ4v) is 3.30. The van der Waals surface area contributed by atoms with Crippen molar-refractivity contribution in [2.45, 2.75) is 24.8 Å². The van der Waals surface area contributed by atoms with Gasteiger partial charge in [-0.1, -0.05) is 18.2 Å². The largest absolute Gasteiger partial charge is 0.390 e. The number of hydrogen-bond acceptors (Lipinski definition) is 4. The number of hydrogen-bond donors (Lipinski definition) is 1. The predicted octanol–water partition coefficient (Wildman–Crippen LogP) is 1.27. The summed E-state index contributed by atoms with van der Waals surface area (Å²) in [5, 5.41) is 11.2. The molecule has 80 valence electrons. The van der Waals surface area contributed by atoms with Crippen molar-refractivity contribution in [3.63, 3.8) is 0 Å². The topological polar surface area (TPSA) is 26.7 Å². The molecule has 0 radical (unpaired) electrons. The molecule has 1 unspecified atom stereocenters. The van der Waals surface area contributed by atoms with Gasteiger partial charge in [-0.3, -0.25) is 4.90 Å². The predicted molar refractivity (Wildman–Crippen MR) is 59.7 cm³/mol. The van der Waals surface area contributed by atoms with Crippen molar-refractivity contribution in [3.8, 4) is 0 Å². The summed E-state index contributed by atoms with van der Waals surface area (Å²) in [5.74, 6) is 0. The fraction of sp³-hybridized carbons (Fsp3) is 0.800. The zero-order valence-corrected chi connectivity index (χ0v) is 9.46. The maximum absolute atomic E-state index is 9.11. The van der Waals surface area contributed by atoms with E-state index < -0.39 is 0 Å². The standard InChI is InChI=1S/C10H18N2OS/c1-11-9(7-13)8-14-10(11)12-5-3-2-4-6-12/h8,10,13H,2-7H2,1H3. The number of piperidine rings is 1. The van der Waals surface area contributed by atoms with Gasteiger partial charge >= 0.3 is 0 Å². The van der Waals surface area contributed by atoms with Crippen molar-refractivity contribution < 1.29 is 5.11 Å². The van der Waals surface area contributed by atoms with E-state index in [-0.39, 0.29) is 6.61 Å². The minimum Gasteiger partial charge on any atom is -0.390 e. The monoisotopic (exact) mass is 214 g/mol. The van der Waals surface area contributed by atoms with Crippen LogP contribution in [0, 0.1) is 0 Å². The van der Waals surface area contributed by atoms with Crippen molar-refractivity contribution in [1.29, 1.82) is 0 Å². The van der Waals surface area contributed by atoms with E-state index >= 15 is 0 Å². The number of aliphatic hydroxyl groups is 1. The van der Waals surface area contributed by atoms with Crippen molar-refractivity contribution in [2.24, 2.45) is 0 Å². The van der Waals surface area contributed by atoms with Crippen molar-refractivity contribution in [1.82, 2.24) is 9.80 Å². The Hall–Kier alpha value is -0.190. The molecule has 0 aromatic carbocycles. The lowest BCUT2D eigenvalue weighted by atomic mass is 10.1. The van der Waals surface area contributed by atoms with Crippen LogP contribution in [0.5, 0.6) is 0 Å². The van der Waals surface area contributed by atoms with Gasteiger partial charge in [0.25, 0.3) is 0 Å². The highest BCUT2D eigenvalue weighted by atomic mass is 32.2. The second-order valence-electron chi connectivity index (χ2n) is 3.94. The molecule has 2 aliphatic heterocycles. The van der Waals surface area contributed by atoms with Crippen molar-refractivity contribution >= 4 is 11.8 Å². The van der Waals surface area contributed by atoms with Gasteiger partial charge in [0.05, 0.1) is 6.61 Å². The van der Waals surface area contributed by atoms with E-state index in [2.05, 4.69) is 22.3 Å². The molecular weight excluding hydrogens is 196 g/mol. The Morgan fingerprint density at radius 1 is 1.43 bits per heavy atom. The van der Waals surface area contributed by atoms with Crippen LogP contribution in [0.3, 0.4) is 0 Å². The van der Waals surface area contributed by atoms with Gasteiger partial charge in [-0.15, -0.1) is 0 Å².